The highest BCUT2D eigenvalue weighted by atomic mass is 19.4. The Hall–Kier alpha value is -2.91. The SMILES string of the molecule is Cc1cc(C(F)(F)F)c2c(C)nn(CC(=O)NC(C)Cn3ccc(C)n3)c2n1. The van der Waals surface area contributed by atoms with Crippen molar-refractivity contribution in [2.45, 2.75) is 53.0 Å². The fourth-order valence-electron chi connectivity index (χ4n) is 3.16. The number of hydrogen-bond acceptors (Lipinski definition) is 4. The molecular formula is C18H21F3N6O. The number of alkyl halides is 3. The second-order valence-corrected chi connectivity index (χ2v) is 6.90. The number of nitrogens with one attached hydrogen (secondary N) is 1. The molecule has 3 aromatic heterocycles. The molecule has 0 aliphatic rings. The van der Waals surface area contributed by atoms with Crippen molar-refractivity contribution in [2.24, 2.45) is 0 Å². The highest BCUT2D eigenvalue weighted by molar-refractivity contribution is 5.85. The third-order valence-electron chi connectivity index (χ3n) is 4.25. The van der Waals surface area contributed by atoms with Crippen LogP contribution in [-0.2, 0) is 24.1 Å². The highest BCUT2D eigenvalue weighted by Gasteiger charge is 2.35. The zero-order chi connectivity index (χ0) is 20.6. The molecule has 1 unspecified atom stereocenters. The number of carbonyl (C=O) groups is 1. The summed E-state index contributed by atoms with van der Waals surface area (Å²) in [6.07, 6.45) is -2.71. The number of pyridine rings is 1. The molecule has 3 rings (SSSR count). The summed E-state index contributed by atoms with van der Waals surface area (Å²) in [5.74, 6) is -0.363. The van der Waals surface area contributed by atoms with Crippen molar-refractivity contribution in [3.05, 3.63) is 41.0 Å². The largest absolute Gasteiger partial charge is 0.417 e. The van der Waals surface area contributed by atoms with E-state index in [9.17, 15) is 18.0 Å². The molecular weight excluding hydrogens is 373 g/mol. The first-order valence-electron chi connectivity index (χ1n) is 8.76. The topological polar surface area (TPSA) is 77.6 Å². The van der Waals surface area contributed by atoms with E-state index in [4.69, 9.17) is 0 Å². The summed E-state index contributed by atoms with van der Waals surface area (Å²) in [7, 11) is 0. The van der Waals surface area contributed by atoms with Crippen LogP contribution in [0.2, 0.25) is 0 Å². The number of nitrogens with zero attached hydrogens (tertiary/aromatic N) is 5. The molecule has 7 nitrogen and oxygen atoms in total. The van der Waals surface area contributed by atoms with E-state index < -0.39 is 11.7 Å². The Balaban J connectivity index is 1.80. The minimum atomic E-state index is -4.52. The number of amides is 1. The van der Waals surface area contributed by atoms with E-state index in [1.807, 2.05) is 26.1 Å². The molecule has 1 N–H and O–H groups in total. The molecule has 0 aromatic carbocycles. The van der Waals surface area contributed by atoms with Gasteiger partial charge in [0.05, 0.1) is 28.9 Å². The van der Waals surface area contributed by atoms with Gasteiger partial charge in [0, 0.05) is 17.9 Å². The summed E-state index contributed by atoms with van der Waals surface area (Å²) in [6.45, 7) is 6.91. The molecule has 0 saturated carbocycles. The molecule has 0 fully saturated rings. The van der Waals surface area contributed by atoms with Crippen molar-refractivity contribution in [3.8, 4) is 0 Å². The highest BCUT2D eigenvalue weighted by Crippen LogP contribution is 2.36. The quantitative estimate of drug-likeness (QED) is 0.722. The monoisotopic (exact) mass is 394 g/mol. The molecule has 0 saturated heterocycles. The molecule has 3 heterocycles. The average molecular weight is 394 g/mol. The van der Waals surface area contributed by atoms with Gasteiger partial charge >= 0.3 is 6.18 Å². The Bertz CT molecular complexity index is 1020. The van der Waals surface area contributed by atoms with Crippen molar-refractivity contribution in [2.75, 3.05) is 0 Å². The van der Waals surface area contributed by atoms with E-state index in [-0.39, 0.29) is 40.9 Å². The summed E-state index contributed by atoms with van der Waals surface area (Å²) in [5, 5.41) is 11.1. The van der Waals surface area contributed by atoms with E-state index in [2.05, 4.69) is 20.5 Å². The van der Waals surface area contributed by atoms with Crippen LogP contribution in [0, 0.1) is 20.8 Å². The lowest BCUT2D eigenvalue weighted by molar-refractivity contribution is -0.136. The van der Waals surface area contributed by atoms with E-state index in [0.717, 1.165) is 11.8 Å². The van der Waals surface area contributed by atoms with E-state index in [0.29, 0.717) is 6.54 Å². The molecule has 3 aromatic rings. The van der Waals surface area contributed by atoms with Gasteiger partial charge in [0.15, 0.2) is 5.65 Å². The normalized spacial score (nSPS) is 13.1. The molecule has 1 atom stereocenters. The van der Waals surface area contributed by atoms with Crippen LogP contribution < -0.4 is 5.32 Å². The number of aryl methyl sites for hydroxylation is 3. The maximum Gasteiger partial charge on any atom is 0.417 e. The number of aromatic nitrogens is 5. The summed E-state index contributed by atoms with van der Waals surface area (Å²) in [5.41, 5.74) is 0.530. The van der Waals surface area contributed by atoms with Crippen LogP contribution in [0.1, 0.15) is 29.6 Å². The van der Waals surface area contributed by atoms with Crippen molar-refractivity contribution in [1.82, 2.24) is 29.9 Å². The summed E-state index contributed by atoms with van der Waals surface area (Å²) in [6, 6.07) is 2.64. The fourth-order valence-corrected chi connectivity index (χ4v) is 3.16. The Morgan fingerprint density at radius 1 is 1.21 bits per heavy atom. The van der Waals surface area contributed by atoms with Crippen LogP contribution in [0.3, 0.4) is 0 Å². The van der Waals surface area contributed by atoms with E-state index in [1.165, 1.54) is 18.5 Å². The van der Waals surface area contributed by atoms with Gasteiger partial charge in [-0.2, -0.15) is 23.4 Å². The van der Waals surface area contributed by atoms with Gasteiger partial charge in [-0.3, -0.25) is 9.48 Å². The van der Waals surface area contributed by atoms with Gasteiger partial charge in [-0.25, -0.2) is 9.67 Å². The van der Waals surface area contributed by atoms with Crippen LogP contribution in [0.4, 0.5) is 13.2 Å². The van der Waals surface area contributed by atoms with Crippen molar-refractivity contribution in [1.29, 1.82) is 0 Å². The Morgan fingerprint density at radius 3 is 2.54 bits per heavy atom. The maximum absolute atomic E-state index is 13.4. The van der Waals surface area contributed by atoms with Crippen LogP contribution >= 0.6 is 0 Å². The number of fused-ring (bicyclic) bond motifs is 1. The fraction of sp³-hybridized carbons (Fsp3) is 0.444. The van der Waals surface area contributed by atoms with Crippen molar-refractivity contribution < 1.29 is 18.0 Å². The minimum absolute atomic E-state index is 0.0512. The summed E-state index contributed by atoms with van der Waals surface area (Å²) >= 11 is 0. The first-order valence-corrected chi connectivity index (χ1v) is 8.76. The molecule has 0 radical (unpaired) electrons. The first-order chi connectivity index (χ1) is 13.0. The summed E-state index contributed by atoms with van der Waals surface area (Å²) in [4.78, 5) is 16.6. The Kier molecular flexibility index (Phi) is 5.14. The molecule has 0 bridgehead atoms. The van der Waals surface area contributed by atoms with Gasteiger partial charge in [0.2, 0.25) is 5.91 Å². The maximum atomic E-state index is 13.4. The third-order valence-corrected chi connectivity index (χ3v) is 4.25. The first kappa shape index (κ1) is 19.8. The van der Waals surface area contributed by atoms with Gasteiger partial charge in [-0.15, -0.1) is 0 Å². The molecule has 0 spiro atoms. The third kappa shape index (κ3) is 4.15. The summed E-state index contributed by atoms with van der Waals surface area (Å²) < 4.78 is 43.1. The molecule has 28 heavy (non-hydrogen) atoms. The molecule has 0 aliphatic carbocycles. The second-order valence-electron chi connectivity index (χ2n) is 6.90. The lowest BCUT2D eigenvalue weighted by Gasteiger charge is -2.14. The van der Waals surface area contributed by atoms with Crippen LogP contribution in [0.5, 0.6) is 0 Å². The smallest absolute Gasteiger partial charge is 0.350 e. The number of rotatable bonds is 5. The van der Waals surface area contributed by atoms with Crippen molar-refractivity contribution >= 4 is 16.9 Å². The average Bonchev–Trinajstić information content (AvgIpc) is 3.09. The zero-order valence-corrected chi connectivity index (χ0v) is 16.0. The van der Waals surface area contributed by atoms with Crippen LogP contribution in [-0.4, -0.2) is 36.5 Å². The van der Waals surface area contributed by atoms with Crippen LogP contribution in [0.15, 0.2) is 18.3 Å². The van der Waals surface area contributed by atoms with Gasteiger partial charge in [-0.1, -0.05) is 0 Å². The van der Waals surface area contributed by atoms with E-state index >= 15 is 0 Å². The molecule has 0 aliphatic heterocycles. The van der Waals surface area contributed by atoms with E-state index in [1.54, 1.807) is 4.68 Å². The Labute approximate surface area is 159 Å². The minimum Gasteiger partial charge on any atom is -0.350 e. The number of hydrogen-bond donors (Lipinski definition) is 1. The standard InChI is InChI=1S/C18H21F3N6O/c1-10-5-6-26(24-10)8-12(3)22-15(28)9-27-17-16(13(4)25-27)14(18(19,20)21)7-11(2)23-17/h5-7,12H,8-9H2,1-4H3,(H,22,28). The van der Waals surface area contributed by atoms with Gasteiger partial charge in [0.25, 0.3) is 0 Å². The zero-order valence-electron chi connectivity index (χ0n) is 16.0. The second kappa shape index (κ2) is 7.25. The predicted molar refractivity (Wildman–Crippen MR) is 96.6 cm³/mol. The lowest BCUT2D eigenvalue weighted by Crippen LogP contribution is -2.38. The molecule has 1 amide bonds. The number of carbonyl (C=O) groups excluding carboxylic acids is 1. The predicted octanol–water partition coefficient (Wildman–Crippen LogP) is 2.78. The van der Waals surface area contributed by atoms with Gasteiger partial charge < -0.3 is 5.32 Å². The van der Waals surface area contributed by atoms with Crippen molar-refractivity contribution in [3.63, 3.8) is 0 Å². The van der Waals surface area contributed by atoms with Crippen LogP contribution in [0.25, 0.3) is 11.0 Å². The number of halogens is 3. The van der Waals surface area contributed by atoms with Gasteiger partial charge in [-0.05, 0) is 39.8 Å². The van der Waals surface area contributed by atoms with Gasteiger partial charge in [0.1, 0.15) is 6.54 Å². The lowest BCUT2D eigenvalue weighted by atomic mass is 10.1. The molecule has 10 heteroatoms. The Morgan fingerprint density at radius 2 is 1.93 bits per heavy atom. The molecule has 150 valence electrons.